The van der Waals surface area contributed by atoms with Gasteiger partial charge in [0.15, 0.2) is 0 Å². The van der Waals surface area contributed by atoms with Crippen LogP contribution in [-0.4, -0.2) is 86.0 Å². The van der Waals surface area contributed by atoms with Crippen LogP contribution in [0.2, 0.25) is 0 Å². The molecule has 1 heterocycles. The molecule has 2 aliphatic rings. The normalized spacial score (nSPS) is 19.3. The molecule has 4 amide bonds. The van der Waals surface area contributed by atoms with E-state index in [1.807, 2.05) is 13.8 Å². The Morgan fingerprint density at radius 3 is 2.24 bits per heavy atom. The van der Waals surface area contributed by atoms with Gasteiger partial charge in [0.1, 0.15) is 29.8 Å². The van der Waals surface area contributed by atoms with E-state index in [9.17, 15) is 41.5 Å². The van der Waals surface area contributed by atoms with Gasteiger partial charge in [-0.25, -0.2) is 27.2 Å². The number of amides is 4. The maximum atomic E-state index is 14.8. The van der Waals surface area contributed by atoms with Crippen molar-refractivity contribution in [2.24, 2.45) is 23.7 Å². The third-order valence-electron chi connectivity index (χ3n) is 9.30. The number of nitrogens with zero attached hydrogens (tertiary/aromatic N) is 1. The Morgan fingerprint density at radius 1 is 0.960 bits per heavy atom. The number of hydrogen-bond donors (Lipinski definition) is 3. The summed E-state index contributed by atoms with van der Waals surface area (Å²) in [5, 5.41) is 7.36. The molecule has 0 aromatic heterocycles. The van der Waals surface area contributed by atoms with Crippen molar-refractivity contribution in [3.8, 4) is 0 Å². The average Bonchev–Trinajstić information content (AvgIpc) is 3.52. The van der Waals surface area contributed by atoms with Crippen LogP contribution in [0.15, 0.2) is 12.1 Å². The molecule has 0 unspecified atom stereocenters. The standard InChI is InChI=1S/C35H50F4N4O7/c1-19(2)18-50-35(48)42-30(20(3)4)33(46)43-17-22(21-9-7-6-8-10-21)15-27(43)32(45)41-26(16-28(37)38)31(44)40-14-13-23-25(36)12-11-24(29(23)39)34(47)49-5/h11-12,19-22,26-28,30H,6-10,13-18H2,1-5H3,(H,40,44)(H,41,45)(H,42,48)/t22-,26+,27+,30+/m1/s1. The van der Waals surface area contributed by atoms with Crippen LogP contribution in [-0.2, 0) is 30.3 Å². The lowest BCUT2D eigenvalue weighted by molar-refractivity contribution is -0.141. The van der Waals surface area contributed by atoms with Gasteiger partial charge in [-0.05, 0) is 48.6 Å². The Morgan fingerprint density at radius 2 is 1.64 bits per heavy atom. The Hall–Kier alpha value is -3.91. The van der Waals surface area contributed by atoms with Crippen molar-refractivity contribution in [3.63, 3.8) is 0 Å². The molecule has 1 saturated heterocycles. The number of carbonyl (C=O) groups is 5. The predicted molar refractivity (Wildman–Crippen MR) is 175 cm³/mol. The molecular formula is C35H50F4N4O7. The summed E-state index contributed by atoms with van der Waals surface area (Å²) in [5.41, 5.74) is -1.03. The molecule has 4 atom stereocenters. The number of hydrogen-bond acceptors (Lipinski definition) is 7. The lowest BCUT2D eigenvalue weighted by Gasteiger charge is -2.31. The smallest absolute Gasteiger partial charge is 0.407 e. The molecule has 15 heteroatoms. The van der Waals surface area contributed by atoms with E-state index in [0.717, 1.165) is 51.3 Å². The molecule has 1 aliphatic heterocycles. The minimum atomic E-state index is -3.00. The molecule has 2 fully saturated rings. The zero-order valence-corrected chi connectivity index (χ0v) is 29.4. The molecule has 280 valence electrons. The number of rotatable bonds is 15. The molecule has 11 nitrogen and oxygen atoms in total. The molecule has 0 bridgehead atoms. The largest absolute Gasteiger partial charge is 0.465 e. The van der Waals surface area contributed by atoms with E-state index in [1.165, 1.54) is 4.90 Å². The van der Waals surface area contributed by atoms with Crippen LogP contribution in [0.5, 0.6) is 0 Å². The minimum Gasteiger partial charge on any atom is -0.465 e. The molecule has 0 radical (unpaired) electrons. The fourth-order valence-corrected chi connectivity index (χ4v) is 6.62. The van der Waals surface area contributed by atoms with Crippen molar-refractivity contribution in [2.75, 3.05) is 26.8 Å². The van der Waals surface area contributed by atoms with Gasteiger partial charge in [-0.1, -0.05) is 59.8 Å². The molecule has 3 rings (SSSR count). The second-order valence-corrected chi connectivity index (χ2v) is 13.9. The third-order valence-corrected chi connectivity index (χ3v) is 9.30. The van der Waals surface area contributed by atoms with Crippen molar-refractivity contribution in [1.82, 2.24) is 20.9 Å². The Labute approximate surface area is 290 Å². The van der Waals surface area contributed by atoms with Crippen LogP contribution < -0.4 is 16.0 Å². The molecule has 1 aromatic carbocycles. The second kappa shape index (κ2) is 18.9. The van der Waals surface area contributed by atoms with Crippen molar-refractivity contribution < 1.29 is 51.0 Å². The number of alkyl halides is 2. The van der Waals surface area contributed by atoms with Gasteiger partial charge in [-0.3, -0.25) is 14.4 Å². The van der Waals surface area contributed by atoms with Crippen LogP contribution in [0, 0.1) is 35.3 Å². The first-order valence-electron chi connectivity index (χ1n) is 17.3. The lowest BCUT2D eigenvalue weighted by Crippen LogP contribution is -2.57. The molecule has 3 N–H and O–H groups in total. The minimum absolute atomic E-state index is 0.0522. The second-order valence-electron chi connectivity index (χ2n) is 13.9. The van der Waals surface area contributed by atoms with Gasteiger partial charge in [0, 0.05) is 25.1 Å². The summed E-state index contributed by atoms with van der Waals surface area (Å²) in [5.74, 6) is -5.65. The third kappa shape index (κ3) is 11.0. The van der Waals surface area contributed by atoms with Gasteiger partial charge in [-0.15, -0.1) is 0 Å². The first-order valence-corrected chi connectivity index (χ1v) is 17.3. The predicted octanol–water partition coefficient (Wildman–Crippen LogP) is 4.75. The number of esters is 1. The van der Waals surface area contributed by atoms with Crippen LogP contribution >= 0.6 is 0 Å². The van der Waals surface area contributed by atoms with Crippen molar-refractivity contribution in [3.05, 3.63) is 34.9 Å². The molecule has 1 aliphatic carbocycles. The van der Waals surface area contributed by atoms with Gasteiger partial charge >= 0.3 is 12.1 Å². The van der Waals surface area contributed by atoms with Gasteiger partial charge in [-0.2, -0.15) is 0 Å². The summed E-state index contributed by atoms with van der Waals surface area (Å²) < 4.78 is 66.3. The van der Waals surface area contributed by atoms with E-state index in [2.05, 4.69) is 20.7 Å². The van der Waals surface area contributed by atoms with Crippen LogP contribution in [0.25, 0.3) is 0 Å². The number of carbonyl (C=O) groups excluding carboxylic acids is 5. The van der Waals surface area contributed by atoms with E-state index in [4.69, 9.17) is 4.74 Å². The zero-order valence-electron chi connectivity index (χ0n) is 29.4. The van der Waals surface area contributed by atoms with E-state index in [0.29, 0.717) is 0 Å². The summed E-state index contributed by atoms with van der Waals surface area (Å²) in [4.78, 5) is 66.6. The van der Waals surface area contributed by atoms with Crippen LogP contribution in [0.1, 0.15) is 88.6 Å². The monoisotopic (exact) mass is 714 g/mol. The maximum absolute atomic E-state index is 14.8. The topological polar surface area (TPSA) is 143 Å². The highest BCUT2D eigenvalue weighted by atomic mass is 19.3. The molecule has 1 aromatic rings. The maximum Gasteiger partial charge on any atom is 0.407 e. The van der Waals surface area contributed by atoms with Gasteiger partial charge in [0.05, 0.1) is 19.3 Å². The fraction of sp³-hybridized carbons (Fsp3) is 0.686. The van der Waals surface area contributed by atoms with Crippen LogP contribution in [0.4, 0.5) is 22.4 Å². The Balaban J connectivity index is 1.78. The van der Waals surface area contributed by atoms with Gasteiger partial charge in [0.2, 0.25) is 24.1 Å². The lowest BCUT2D eigenvalue weighted by atomic mass is 9.79. The quantitative estimate of drug-likeness (QED) is 0.176. The summed E-state index contributed by atoms with van der Waals surface area (Å²) in [6, 6.07) is -2.07. The Bertz CT molecular complexity index is 1360. The molecule has 50 heavy (non-hydrogen) atoms. The molecule has 0 spiro atoms. The van der Waals surface area contributed by atoms with Gasteiger partial charge in [0.25, 0.3) is 0 Å². The SMILES string of the molecule is COC(=O)c1ccc(F)c(CCNC(=O)[C@H](CC(F)F)NC(=O)[C@@H]2C[C@@H](C3CCCCC3)CN2C(=O)[C@@H](NC(=O)OCC(C)C)C(C)C)c1F. The number of alkyl carbamates (subject to hydrolysis) is 1. The molecular weight excluding hydrogens is 664 g/mol. The first kappa shape index (κ1) is 40.5. The van der Waals surface area contributed by atoms with E-state index in [-0.39, 0.29) is 43.2 Å². The first-order chi connectivity index (χ1) is 23.6. The van der Waals surface area contributed by atoms with Crippen molar-refractivity contribution in [2.45, 2.75) is 104 Å². The zero-order chi connectivity index (χ0) is 37.1. The summed E-state index contributed by atoms with van der Waals surface area (Å²) >= 11 is 0. The number of benzene rings is 1. The number of likely N-dealkylation sites (tertiary alicyclic amines) is 1. The van der Waals surface area contributed by atoms with Gasteiger partial charge < -0.3 is 30.3 Å². The number of nitrogens with one attached hydrogen (secondary N) is 3. The summed E-state index contributed by atoms with van der Waals surface area (Å²) in [6.07, 6.45) is -0.0351. The fourth-order valence-electron chi connectivity index (χ4n) is 6.62. The van der Waals surface area contributed by atoms with Crippen molar-refractivity contribution >= 4 is 29.8 Å². The summed E-state index contributed by atoms with van der Waals surface area (Å²) in [6.45, 7) is 7.16. The van der Waals surface area contributed by atoms with E-state index < -0.39 is 96.5 Å². The average molecular weight is 715 g/mol. The Kier molecular flexibility index (Phi) is 15.3. The number of halogens is 4. The number of ether oxygens (including phenoxy) is 2. The molecule has 1 saturated carbocycles. The highest BCUT2D eigenvalue weighted by Gasteiger charge is 2.45. The number of methoxy groups -OCH3 is 1. The van der Waals surface area contributed by atoms with Crippen molar-refractivity contribution in [1.29, 1.82) is 0 Å². The van der Waals surface area contributed by atoms with E-state index >= 15 is 0 Å². The highest BCUT2D eigenvalue weighted by Crippen LogP contribution is 2.38. The van der Waals surface area contributed by atoms with E-state index in [1.54, 1.807) is 13.8 Å². The highest BCUT2D eigenvalue weighted by molar-refractivity contribution is 5.94. The van der Waals surface area contributed by atoms with Crippen LogP contribution in [0.3, 0.4) is 0 Å². The summed E-state index contributed by atoms with van der Waals surface area (Å²) in [7, 11) is 1.03.